The summed E-state index contributed by atoms with van der Waals surface area (Å²) >= 11 is 0. The van der Waals surface area contributed by atoms with E-state index in [1.807, 2.05) is 30.3 Å². The third kappa shape index (κ3) is 3.44. The quantitative estimate of drug-likeness (QED) is 0.742. The van der Waals surface area contributed by atoms with Crippen molar-refractivity contribution in [3.8, 4) is 0 Å². The molecule has 0 amide bonds. The Balaban J connectivity index is 2.05. The highest BCUT2D eigenvalue weighted by Crippen LogP contribution is 2.15. The Hall–Kier alpha value is -2.63. The zero-order valence-electron chi connectivity index (χ0n) is 9.50. The fraction of sp³-hybridized carbons (Fsp3) is 0.0833. The molecule has 0 spiro atoms. The first-order valence-electron chi connectivity index (χ1n) is 5.34. The van der Waals surface area contributed by atoms with Crippen molar-refractivity contribution in [1.29, 1.82) is 0 Å². The molecule has 3 N–H and O–H groups in total. The number of benzene rings is 1. The average Bonchev–Trinajstić information content (AvgIpc) is 2.38. The van der Waals surface area contributed by atoms with Crippen LogP contribution >= 0.6 is 0 Å². The Labute approximate surface area is 104 Å². The zero-order chi connectivity index (χ0) is 12.8. The first-order chi connectivity index (χ1) is 8.74. The van der Waals surface area contributed by atoms with Crippen molar-refractivity contribution in [2.75, 3.05) is 17.2 Å². The zero-order valence-corrected chi connectivity index (χ0v) is 9.50. The van der Waals surface area contributed by atoms with Crippen molar-refractivity contribution in [1.82, 2.24) is 9.97 Å². The maximum Gasteiger partial charge on any atom is 0.322 e. The van der Waals surface area contributed by atoms with Gasteiger partial charge in [0.05, 0.1) is 0 Å². The number of aliphatic carboxylic acids is 1. The largest absolute Gasteiger partial charge is 0.480 e. The molecule has 92 valence electrons. The van der Waals surface area contributed by atoms with E-state index >= 15 is 0 Å². The molecule has 0 aliphatic carbocycles. The first-order valence-corrected chi connectivity index (χ1v) is 5.34. The van der Waals surface area contributed by atoms with Crippen LogP contribution in [0.15, 0.2) is 42.7 Å². The Bertz CT molecular complexity index is 531. The lowest BCUT2D eigenvalue weighted by molar-refractivity contribution is -0.134. The second-order valence-corrected chi connectivity index (χ2v) is 3.53. The van der Waals surface area contributed by atoms with Gasteiger partial charge < -0.3 is 15.7 Å². The van der Waals surface area contributed by atoms with Gasteiger partial charge in [-0.25, -0.2) is 9.97 Å². The summed E-state index contributed by atoms with van der Waals surface area (Å²) in [5.74, 6) is 0.126. The molecule has 0 atom stereocenters. The molecule has 2 aromatic rings. The molecular formula is C12H12N4O2. The lowest BCUT2D eigenvalue weighted by Crippen LogP contribution is -2.13. The number of anilines is 3. The van der Waals surface area contributed by atoms with Crippen LogP contribution in [0.2, 0.25) is 0 Å². The van der Waals surface area contributed by atoms with Crippen LogP contribution in [0.25, 0.3) is 0 Å². The SMILES string of the molecule is O=C(O)CNc1cc(Nc2ccccc2)ncn1. The molecule has 0 unspecified atom stereocenters. The molecule has 0 aliphatic heterocycles. The molecule has 6 nitrogen and oxygen atoms in total. The maximum atomic E-state index is 10.4. The molecule has 6 heteroatoms. The van der Waals surface area contributed by atoms with E-state index in [4.69, 9.17) is 5.11 Å². The van der Waals surface area contributed by atoms with E-state index in [0.29, 0.717) is 11.6 Å². The number of carbonyl (C=O) groups is 1. The third-order valence-corrected chi connectivity index (χ3v) is 2.13. The molecular weight excluding hydrogens is 232 g/mol. The number of carboxylic acid groups (broad SMARTS) is 1. The minimum Gasteiger partial charge on any atom is -0.480 e. The lowest BCUT2D eigenvalue weighted by Gasteiger charge is -2.07. The summed E-state index contributed by atoms with van der Waals surface area (Å²) in [4.78, 5) is 18.4. The fourth-order valence-corrected chi connectivity index (χ4v) is 1.36. The molecule has 0 fully saturated rings. The van der Waals surface area contributed by atoms with E-state index in [1.165, 1.54) is 6.33 Å². The average molecular weight is 244 g/mol. The summed E-state index contributed by atoms with van der Waals surface area (Å²) in [6.45, 7) is -0.179. The van der Waals surface area contributed by atoms with Gasteiger partial charge in [-0.15, -0.1) is 0 Å². The number of rotatable bonds is 5. The minimum atomic E-state index is -0.939. The van der Waals surface area contributed by atoms with Crippen LogP contribution in [0.5, 0.6) is 0 Å². The van der Waals surface area contributed by atoms with Gasteiger partial charge in [-0.2, -0.15) is 0 Å². The summed E-state index contributed by atoms with van der Waals surface area (Å²) in [6, 6.07) is 11.2. The van der Waals surface area contributed by atoms with Crippen molar-refractivity contribution in [2.24, 2.45) is 0 Å². The van der Waals surface area contributed by atoms with Gasteiger partial charge in [0.2, 0.25) is 0 Å². The van der Waals surface area contributed by atoms with Crippen LogP contribution < -0.4 is 10.6 Å². The molecule has 1 aromatic heterocycles. The van der Waals surface area contributed by atoms with E-state index < -0.39 is 5.97 Å². The van der Waals surface area contributed by atoms with Gasteiger partial charge in [0, 0.05) is 11.8 Å². The minimum absolute atomic E-state index is 0.179. The Kier molecular flexibility index (Phi) is 3.70. The van der Waals surface area contributed by atoms with Crippen LogP contribution in [-0.4, -0.2) is 27.6 Å². The van der Waals surface area contributed by atoms with Crippen molar-refractivity contribution in [3.63, 3.8) is 0 Å². The van der Waals surface area contributed by atoms with E-state index in [2.05, 4.69) is 20.6 Å². The second-order valence-electron chi connectivity index (χ2n) is 3.53. The predicted molar refractivity (Wildman–Crippen MR) is 67.9 cm³/mol. The van der Waals surface area contributed by atoms with Crippen molar-refractivity contribution in [3.05, 3.63) is 42.7 Å². The Morgan fingerprint density at radius 1 is 1.17 bits per heavy atom. The first kappa shape index (κ1) is 11.8. The van der Waals surface area contributed by atoms with Gasteiger partial charge in [-0.1, -0.05) is 18.2 Å². The Morgan fingerprint density at radius 2 is 1.89 bits per heavy atom. The van der Waals surface area contributed by atoms with E-state index in [-0.39, 0.29) is 6.54 Å². The Morgan fingerprint density at radius 3 is 2.61 bits per heavy atom. The fourth-order valence-electron chi connectivity index (χ4n) is 1.36. The van der Waals surface area contributed by atoms with E-state index in [9.17, 15) is 4.79 Å². The smallest absolute Gasteiger partial charge is 0.322 e. The van der Waals surface area contributed by atoms with Crippen LogP contribution in [0.1, 0.15) is 0 Å². The number of carboxylic acids is 1. The predicted octanol–water partition coefficient (Wildman–Crippen LogP) is 1.72. The van der Waals surface area contributed by atoms with Crippen LogP contribution in [-0.2, 0) is 4.79 Å². The highest BCUT2D eigenvalue weighted by molar-refractivity contribution is 5.72. The number of nitrogens with zero attached hydrogens (tertiary/aromatic N) is 2. The van der Waals surface area contributed by atoms with Gasteiger partial charge in [0.25, 0.3) is 0 Å². The molecule has 2 rings (SSSR count). The molecule has 0 radical (unpaired) electrons. The molecule has 1 heterocycles. The number of hydrogen-bond acceptors (Lipinski definition) is 5. The van der Waals surface area contributed by atoms with Gasteiger partial charge in [0.15, 0.2) is 0 Å². The van der Waals surface area contributed by atoms with Crippen molar-refractivity contribution in [2.45, 2.75) is 0 Å². The monoisotopic (exact) mass is 244 g/mol. The summed E-state index contributed by atoms with van der Waals surface area (Å²) < 4.78 is 0. The lowest BCUT2D eigenvalue weighted by atomic mass is 10.3. The number of nitrogens with one attached hydrogen (secondary N) is 2. The number of hydrogen-bond donors (Lipinski definition) is 3. The van der Waals surface area contributed by atoms with Gasteiger partial charge >= 0.3 is 5.97 Å². The van der Waals surface area contributed by atoms with Crippen LogP contribution in [0, 0.1) is 0 Å². The second kappa shape index (κ2) is 5.62. The van der Waals surface area contributed by atoms with Gasteiger partial charge in [0.1, 0.15) is 24.5 Å². The summed E-state index contributed by atoms with van der Waals surface area (Å²) in [6.07, 6.45) is 1.37. The summed E-state index contributed by atoms with van der Waals surface area (Å²) in [5.41, 5.74) is 0.903. The summed E-state index contributed by atoms with van der Waals surface area (Å²) in [5, 5.41) is 14.3. The van der Waals surface area contributed by atoms with Gasteiger partial charge in [-0.05, 0) is 12.1 Å². The topological polar surface area (TPSA) is 87.1 Å². The molecule has 0 bridgehead atoms. The molecule has 18 heavy (non-hydrogen) atoms. The molecule has 1 aromatic carbocycles. The van der Waals surface area contributed by atoms with E-state index in [0.717, 1.165) is 5.69 Å². The highest BCUT2D eigenvalue weighted by atomic mass is 16.4. The van der Waals surface area contributed by atoms with Crippen molar-refractivity contribution >= 4 is 23.3 Å². The number of aromatic nitrogens is 2. The molecule has 0 saturated carbocycles. The van der Waals surface area contributed by atoms with Crippen LogP contribution in [0.3, 0.4) is 0 Å². The molecule has 0 aliphatic rings. The molecule has 0 saturated heterocycles. The van der Waals surface area contributed by atoms with Crippen LogP contribution in [0.4, 0.5) is 17.3 Å². The summed E-state index contributed by atoms with van der Waals surface area (Å²) in [7, 11) is 0. The third-order valence-electron chi connectivity index (χ3n) is 2.13. The van der Waals surface area contributed by atoms with E-state index in [1.54, 1.807) is 6.07 Å². The van der Waals surface area contributed by atoms with Gasteiger partial charge in [-0.3, -0.25) is 4.79 Å². The maximum absolute atomic E-state index is 10.4. The normalized spacial score (nSPS) is 9.78. The highest BCUT2D eigenvalue weighted by Gasteiger charge is 2.01. The number of para-hydroxylation sites is 1. The van der Waals surface area contributed by atoms with Crippen molar-refractivity contribution < 1.29 is 9.90 Å². The standard InChI is InChI=1S/C12H12N4O2/c17-12(18)7-13-10-6-11(15-8-14-10)16-9-4-2-1-3-5-9/h1-6,8H,7H2,(H,17,18)(H2,13,14,15,16).